The highest BCUT2D eigenvalue weighted by atomic mass is 16.5. The number of pyridine rings is 1. The Kier molecular flexibility index (Phi) is 6.92. The molecule has 123 valence electrons. The van der Waals surface area contributed by atoms with Crippen molar-refractivity contribution < 1.29 is 9.84 Å². The predicted octanol–water partition coefficient (Wildman–Crippen LogP) is 4.85. The summed E-state index contributed by atoms with van der Waals surface area (Å²) in [7, 11) is 0. The summed E-state index contributed by atoms with van der Waals surface area (Å²) in [6, 6.07) is 9.56. The van der Waals surface area contributed by atoms with Crippen molar-refractivity contribution in [3.05, 3.63) is 53.2 Å². The number of aryl methyl sites for hydroxylation is 2. The van der Waals surface area contributed by atoms with E-state index in [1.54, 1.807) is 6.07 Å². The van der Waals surface area contributed by atoms with Crippen LogP contribution in [0.25, 0.3) is 0 Å². The number of phenols is 1. The molecule has 1 radical (unpaired) electrons. The lowest BCUT2D eigenvalue weighted by Gasteiger charge is -2.13. The smallest absolute Gasteiger partial charge is 0.214 e. The van der Waals surface area contributed by atoms with E-state index < -0.39 is 0 Å². The van der Waals surface area contributed by atoms with Crippen LogP contribution in [0.2, 0.25) is 0 Å². The summed E-state index contributed by atoms with van der Waals surface area (Å²) in [6.45, 7) is 4.79. The maximum atomic E-state index is 10.5. The molecule has 1 aromatic heterocycles. The summed E-state index contributed by atoms with van der Waals surface area (Å²) >= 11 is 0. The number of hydrogen-bond acceptors (Lipinski definition) is 3. The van der Waals surface area contributed by atoms with Crippen LogP contribution in [0.5, 0.6) is 11.6 Å². The molecule has 0 saturated heterocycles. The number of nitrogens with zero attached hydrogens (tertiary/aromatic N) is 1. The molecule has 0 bridgehead atoms. The number of ether oxygens (including phenoxy) is 1. The molecule has 0 aliphatic rings. The molecule has 0 spiro atoms. The van der Waals surface area contributed by atoms with E-state index in [1.807, 2.05) is 12.1 Å². The minimum Gasteiger partial charge on any atom is -0.507 e. The van der Waals surface area contributed by atoms with Crippen LogP contribution in [-0.4, -0.2) is 10.1 Å². The Morgan fingerprint density at radius 1 is 1.09 bits per heavy atom. The highest BCUT2D eigenvalue weighted by molar-refractivity contribution is 5.44. The molecule has 0 fully saturated rings. The van der Waals surface area contributed by atoms with Gasteiger partial charge in [0.15, 0.2) is 0 Å². The topological polar surface area (TPSA) is 42.4 Å². The molecule has 0 atom stereocenters. The Bertz CT molecular complexity index is 567. The fraction of sp³-hybridized carbons (Fsp3) is 0.450. The van der Waals surface area contributed by atoms with E-state index in [2.05, 4.69) is 37.2 Å². The van der Waals surface area contributed by atoms with E-state index >= 15 is 0 Å². The zero-order valence-corrected chi connectivity index (χ0v) is 14.1. The van der Waals surface area contributed by atoms with Crippen molar-refractivity contribution in [3.63, 3.8) is 0 Å². The predicted molar refractivity (Wildman–Crippen MR) is 92.7 cm³/mol. The van der Waals surface area contributed by atoms with Gasteiger partial charge in [0.2, 0.25) is 5.88 Å². The van der Waals surface area contributed by atoms with Crippen LogP contribution in [0.4, 0.5) is 0 Å². The van der Waals surface area contributed by atoms with Gasteiger partial charge in [-0.1, -0.05) is 32.8 Å². The molecule has 23 heavy (non-hydrogen) atoms. The van der Waals surface area contributed by atoms with Crippen molar-refractivity contribution in [1.29, 1.82) is 0 Å². The lowest BCUT2D eigenvalue weighted by Crippen LogP contribution is -2.01. The first-order chi connectivity index (χ1) is 11.2. The first-order valence-corrected chi connectivity index (χ1v) is 8.54. The van der Waals surface area contributed by atoms with Crippen molar-refractivity contribution in [3.8, 4) is 11.6 Å². The molecule has 0 saturated carbocycles. The SMILES string of the molecule is CCCCc1cc(COc2ccc[c]n2)cc(CCCC)c1O. The minimum absolute atomic E-state index is 0.462. The second kappa shape index (κ2) is 9.19. The average Bonchev–Trinajstić information content (AvgIpc) is 2.59. The Hall–Kier alpha value is -2.03. The summed E-state index contributed by atoms with van der Waals surface area (Å²) < 4.78 is 5.73. The van der Waals surface area contributed by atoms with E-state index in [0.29, 0.717) is 18.2 Å². The maximum Gasteiger partial charge on any atom is 0.214 e. The van der Waals surface area contributed by atoms with Crippen molar-refractivity contribution in [1.82, 2.24) is 4.98 Å². The standard InChI is InChI=1S/C20H26NO2/c1-3-5-9-17-13-16(14-18(20(17)22)10-6-4-2)15-23-19-11-7-8-12-21-19/h7-8,11,13-14,22H,3-6,9-10,15H2,1-2H3. The largest absolute Gasteiger partial charge is 0.507 e. The molecule has 1 N–H and O–H groups in total. The molecule has 0 aliphatic heterocycles. The van der Waals surface area contributed by atoms with Crippen molar-refractivity contribution >= 4 is 0 Å². The van der Waals surface area contributed by atoms with E-state index in [-0.39, 0.29) is 0 Å². The van der Waals surface area contributed by atoms with E-state index in [9.17, 15) is 5.11 Å². The third-order valence-electron chi connectivity index (χ3n) is 3.90. The molecular weight excluding hydrogens is 286 g/mol. The number of rotatable bonds is 9. The van der Waals surface area contributed by atoms with Crippen molar-refractivity contribution in [2.45, 2.75) is 59.0 Å². The first-order valence-electron chi connectivity index (χ1n) is 8.54. The van der Waals surface area contributed by atoms with Crippen LogP contribution in [0.3, 0.4) is 0 Å². The Labute approximate surface area is 139 Å². The molecule has 0 unspecified atom stereocenters. The Morgan fingerprint density at radius 2 is 1.74 bits per heavy atom. The monoisotopic (exact) mass is 312 g/mol. The molecule has 2 rings (SSSR count). The van der Waals surface area contributed by atoms with Gasteiger partial charge in [0.05, 0.1) is 6.20 Å². The first kappa shape index (κ1) is 17.3. The van der Waals surface area contributed by atoms with Gasteiger partial charge in [0.25, 0.3) is 0 Å². The van der Waals surface area contributed by atoms with Gasteiger partial charge in [-0.25, -0.2) is 4.98 Å². The van der Waals surface area contributed by atoms with Gasteiger partial charge in [0, 0.05) is 6.07 Å². The molecule has 3 heteroatoms. The van der Waals surface area contributed by atoms with Crippen LogP contribution in [0.1, 0.15) is 56.2 Å². The lowest BCUT2D eigenvalue weighted by molar-refractivity contribution is 0.293. The summed E-state index contributed by atoms with van der Waals surface area (Å²) in [5.74, 6) is 1.05. The highest BCUT2D eigenvalue weighted by Crippen LogP contribution is 2.28. The average molecular weight is 312 g/mol. The number of unbranched alkanes of at least 4 members (excludes halogenated alkanes) is 2. The minimum atomic E-state index is 0.462. The van der Waals surface area contributed by atoms with Crippen LogP contribution >= 0.6 is 0 Å². The zero-order chi connectivity index (χ0) is 16.5. The third-order valence-corrected chi connectivity index (χ3v) is 3.90. The highest BCUT2D eigenvalue weighted by Gasteiger charge is 2.10. The molecular formula is C20H26NO2. The Balaban J connectivity index is 2.16. The van der Waals surface area contributed by atoms with Gasteiger partial charge in [-0.05, 0) is 60.6 Å². The summed E-state index contributed by atoms with van der Waals surface area (Å²) in [5.41, 5.74) is 3.16. The number of aromatic hydroxyl groups is 1. The van der Waals surface area contributed by atoms with E-state index in [4.69, 9.17) is 4.74 Å². The number of phenolic OH excluding ortho intramolecular Hbond substituents is 1. The summed E-state index contributed by atoms with van der Waals surface area (Å²) in [5, 5.41) is 10.5. The van der Waals surface area contributed by atoms with Gasteiger partial charge in [-0.15, -0.1) is 0 Å². The molecule has 0 amide bonds. The van der Waals surface area contributed by atoms with Gasteiger partial charge in [-0.3, -0.25) is 0 Å². The van der Waals surface area contributed by atoms with E-state index in [1.165, 1.54) is 0 Å². The summed E-state index contributed by atoms with van der Waals surface area (Å²) in [6.07, 6.45) is 8.99. The number of aromatic nitrogens is 1. The number of benzene rings is 1. The van der Waals surface area contributed by atoms with Gasteiger partial charge < -0.3 is 9.84 Å². The van der Waals surface area contributed by atoms with Gasteiger partial charge >= 0.3 is 0 Å². The molecule has 1 heterocycles. The van der Waals surface area contributed by atoms with Crippen molar-refractivity contribution in [2.24, 2.45) is 0 Å². The lowest BCUT2D eigenvalue weighted by atomic mass is 9.97. The molecule has 3 nitrogen and oxygen atoms in total. The second-order valence-electron chi connectivity index (χ2n) is 5.86. The van der Waals surface area contributed by atoms with Gasteiger partial charge in [-0.2, -0.15) is 0 Å². The van der Waals surface area contributed by atoms with Gasteiger partial charge in [0.1, 0.15) is 12.4 Å². The zero-order valence-electron chi connectivity index (χ0n) is 14.1. The summed E-state index contributed by atoms with van der Waals surface area (Å²) in [4.78, 5) is 4.06. The molecule has 1 aromatic carbocycles. The number of hydrogen-bond donors (Lipinski definition) is 1. The quantitative estimate of drug-likeness (QED) is 0.719. The van der Waals surface area contributed by atoms with Crippen LogP contribution < -0.4 is 4.74 Å². The van der Waals surface area contributed by atoms with Crippen LogP contribution in [0.15, 0.2) is 30.3 Å². The van der Waals surface area contributed by atoms with Crippen LogP contribution in [-0.2, 0) is 19.4 Å². The molecule has 0 aliphatic carbocycles. The normalized spacial score (nSPS) is 10.7. The fourth-order valence-electron chi connectivity index (χ4n) is 2.58. The molecule has 2 aromatic rings. The van der Waals surface area contributed by atoms with Crippen molar-refractivity contribution in [2.75, 3.05) is 0 Å². The Morgan fingerprint density at radius 3 is 2.26 bits per heavy atom. The second-order valence-corrected chi connectivity index (χ2v) is 5.86. The maximum absolute atomic E-state index is 10.5. The van der Waals surface area contributed by atoms with Crippen LogP contribution in [0, 0.1) is 6.20 Å². The fourth-order valence-corrected chi connectivity index (χ4v) is 2.58. The van der Waals surface area contributed by atoms with E-state index in [0.717, 1.165) is 55.2 Å². The third kappa shape index (κ3) is 5.27.